The third kappa shape index (κ3) is 2.42. The van der Waals surface area contributed by atoms with Crippen LogP contribution in [-0.4, -0.2) is 14.7 Å². The van der Waals surface area contributed by atoms with E-state index in [0.29, 0.717) is 18.1 Å². The summed E-state index contributed by atoms with van der Waals surface area (Å²) in [6.45, 7) is 0.578. The predicted molar refractivity (Wildman–Crippen MR) is 83.3 cm³/mol. The van der Waals surface area contributed by atoms with E-state index in [1.54, 1.807) is 0 Å². The van der Waals surface area contributed by atoms with Crippen LogP contribution in [0.1, 0.15) is 11.4 Å². The van der Waals surface area contributed by atoms with Gasteiger partial charge >= 0.3 is 0 Å². The number of fused-ring (bicyclic) bond motifs is 1. The normalized spacial score (nSPS) is 11.1. The number of nitrogen functional groups attached to an aromatic ring is 1. The molecule has 0 aliphatic heterocycles. The van der Waals surface area contributed by atoms with Crippen LogP contribution in [-0.2, 0) is 13.2 Å². The SMILES string of the molecule is Nc1ccc2c(c1)nc(CO)n2Cc1ccc(Br)cc1. The largest absolute Gasteiger partial charge is 0.399 e. The number of aliphatic hydroxyl groups excluding tert-OH is 1. The van der Waals surface area contributed by atoms with Crippen molar-refractivity contribution in [3.05, 3.63) is 58.3 Å². The quantitative estimate of drug-likeness (QED) is 0.725. The zero-order valence-corrected chi connectivity index (χ0v) is 12.3. The van der Waals surface area contributed by atoms with Crippen LogP contribution in [0.15, 0.2) is 46.9 Å². The topological polar surface area (TPSA) is 64.1 Å². The van der Waals surface area contributed by atoms with Gasteiger partial charge in [0, 0.05) is 16.7 Å². The molecule has 3 aromatic rings. The first-order chi connectivity index (χ1) is 9.67. The lowest BCUT2D eigenvalue weighted by Gasteiger charge is -2.08. The van der Waals surface area contributed by atoms with Gasteiger partial charge in [0.25, 0.3) is 0 Å². The van der Waals surface area contributed by atoms with Gasteiger partial charge in [-0.15, -0.1) is 0 Å². The van der Waals surface area contributed by atoms with E-state index >= 15 is 0 Å². The molecule has 2 aromatic carbocycles. The van der Waals surface area contributed by atoms with Gasteiger partial charge in [-0.3, -0.25) is 0 Å². The van der Waals surface area contributed by atoms with Crippen LogP contribution in [0.5, 0.6) is 0 Å². The number of imidazole rings is 1. The Kier molecular flexibility index (Phi) is 3.46. The highest BCUT2D eigenvalue weighted by molar-refractivity contribution is 9.10. The van der Waals surface area contributed by atoms with Crippen molar-refractivity contribution in [2.45, 2.75) is 13.2 Å². The van der Waals surface area contributed by atoms with E-state index in [4.69, 9.17) is 5.73 Å². The van der Waals surface area contributed by atoms with E-state index in [2.05, 4.69) is 20.9 Å². The molecule has 0 amide bonds. The molecule has 0 atom stereocenters. The average Bonchev–Trinajstić information content (AvgIpc) is 2.78. The van der Waals surface area contributed by atoms with Crippen molar-refractivity contribution < 1.29 is 5.11 Å². The Morgan fingerprint density at radius 1 is 1.15 bits per heavy atom. The van der Waals surface area contributed by atoms with Crippen molar-refractivity contribution >= 4 is 32.7 Å². The highest BCUT2D eigenvalue weighted by Crippen LogP contribution is 2.21. The fourth-order valence-electron chi connectivity index (χ4n) is 2.27. The number of benzene rings is 2. The third-order valence-electron chi connectivity index (χ3n) is 3.25. The molecule has 102 valence electrons. The number of aliphatic hydroxyl groups is 1. The van der Waals surface area contributed by atoms with Gasteiger partial charge in [-0.1, -0.05) is 28.1 Å². The fraction of sp³-hybridized carbons (Fsp3) is 0.133. The highest BCUT2D eigenvalue weighted by Gasteiger charge is 2.10. The molecule has 1 heterocycles. The summed E-state index contributed by atoms with van der Waals surface area (Å²) in [6, 6.07) is 13.7. The molecule has 0 radical (unpaired) electrons. The van der Waals surface area contributed by atoms with Crippen LogP contribution >= 0.6 is 15.9 Å². The molecule has 5 heteroatoms. The van der Waals surface area contributed by atoms with E-state index in [9.17, 15) is 5.11 Å². The number of halogens is 1. The van der Waals surface area contributed by atoms with Crippen molar-refractivity contribution in [2.24, 2.45) is 0 Å². The van der Waals surface area contributed by atoms with Gasteiger partial charge in [0.2, 0.25) is 0 Å². The Bertz CT molecular complexity index is 750. The van der Waals surface area contributed by atoms with E-state index in [1.807, 2.05) is 47.0 Å². The minimum atomic E-state index is -0.0922. The molecule has 0 aliphatic carbocycles. The summed E-state index contributed by atoms with van der Waals surface area (Å²) < 4.78 is 3.06. The van der Waals surface area contributed by atoms with Crippen molar-refractivity contribution in [1.29, 1.82) is 0 Å². The first-order valence-electron chi connectivity index (χ1n) is 6.27. The molecule has 0 spiro atoms. The zero-order valence-electron chi connectivity index (χ0n) is 10.8. The van der Waals surface area contributed by atoms with Gasteiger partial charge in [0.1, 0.15) is 12.4 Å². The number of anilines is 1. The minimum Gasteiger partial charge on any atom is -0.399 e. The summed E-state index contributed by atoms with van der Waals surface area (Å²) in [7, 11) is 0. The first-order valence-corrected chi connectivity index (χ1v) is 7.06. The zero-order chi connectivity index (χ0) is 14.1. The van der Waals surface area contributed by atoms with E-state index in [0.717, 1.165) is 21.1 Å². The Balaban J connectivity index is 2.07. The number of nitrogens with zero attached hydrogens (tertiary/aromatic N) is 2. The summed E-state index contributed by atoms with van der Waals surface area (Å²) >= 11 is 3.43. The average molecular weight is 332 g/mol. The van der Waals surface area contributed by atoms with Crippen LogP contribution in [0.4, 0.5) is 5.69 Å². The molecule has 3 N–H and O–H groups in total. The Labute approximate surface area is 125 Å². The van der Waals surface area contributed by atoms with E-state index in [-0.39, 0.29) is 6.61 Å². The number of aromatic nitrogens is 2. The van der Waals surface area contributed by atoms with Crippen LogP contribution in [0.3, 0.4) is 0 Å². The van der Waals surface area contributed by atoms with Gasteiger partial charge in [-0.25, -0.2) is 4.98 Å². The predicted octanol–water partition coefficient (Wildman–Crippen LogP) is 2.92. The maximum Gasteiger partial charge on any atom is 0.136 e. The molecule has 20 heavy (non-hydrogen) atoms. The summed E-state index contributed by atoms with van der Waals surface area (Å²) in [4.78, 5) is 4.43. The summed E-state index contributed by atoms with van der Waals surface area (Å²) in [6.07, 6.45) is 0. The molecule has 0 bridgehead atoms. The molecule has 0 saturated carbocycles. The van der Waals surface area contributed by atoms with Crippen LogP contribution in [0, 0.1) is 0 Å². The second kappa shape index (κ2) is 5.26. The second-order valence-corrected chi connectivity index (χ2v) is 5.56. The number of hydrogen-bond acceptors (Lipinski definition) is 3. The molecule has 3 rings (SSSR count). The van der Waals surface area contributed by atoms with Crippen molar-refractivity contribution in [3.63, 3.8) is 0 Å². The van der Waals surface area contributed by atoms with Crippen molar-refractivity contribution in [2.75, 3.05) is 5.73 Å². The highest BCUT2D eigenvalue weighted by atomic mass is 79.9. The Morgan fingerprint density at radius 2 is 1.90 bits per heavy atom. The lowest BCUT2D eigenvalue weighted by atomic mass is 10.2. The summed E-state index contributed by atoms with van der Waals surface area (Å²) in [5.74, 6) is 0.647. The van der Waals surface area contributed by atoms with Gasteiger partial charge in [0.05, 0.1) is 11.0 Å². The van der Waals surface area contributed by atoms with Crippen LogP contribution in [0.2, 0.25) is 0 Å². The van der Waals surface area contributed by atoms with E-state index in [1.165, 1.54) is 0 Å². The second-order valence-electron chi connectivity index (χ2n) is 4.65. The molecule has 0 unspecified atom stereocenters. The molecular weight excluding hydrogens is 318 g/mol. The molecule has 0 saturated heterocycles. The van der Waals surface area contributed by atoms with Gasteiger partial charge in [0.15, 0.2) is 0 Å². The van der Waals surface area contributed by atoms with Crippen LogP contribution < -0.4 is 5.73 Å². The standard InChI is InChI=1S/C15H14BrN3O/c16-11-3-1-10(2-4-11)8-19-14-6-5-12(17)7-13(14)18-15(19)9-20/h1-7,20H,8-9,17H2. The van der Waals surface area contributed by atoms with Gasteiger partial charge in [-0.2, -0.15) is 0 Å². The van der Waals surface area contributed by atoms with E-state index < -0.39 is 0 Å². The van der Waals surface area contributed by atoms with Gasteiger partial charge < -0.3 is 15.4 Å². The number of rotatable bonds is 3. The third-order valence-corrected chi connectivity index (χ3v) is 3.78. The fourth-order valence-corrected chi connectivity index (χ4v) is 2.53. The molecule has 0 fully saturated rings. The van der Waals surface area contributed by atoms with Gasteiger partial charge in [-0.05, 0) is 35.9 Å². The number of nitrogens with two attached hydrogens (primary N) is 1. The van der Waals surface area contributed by atoms with Crippen molar-refractivity contribution in [1.82, 2.24) is 9.55 Å². The molecule has 4 nitrogen and oxygen atoms in total. The lowest BCUT2D eigenvalue weighted by molar-refractivity contribution is 0.267. The molecule has 1 aromatic heterocycles. The summed E-state index contributed by atoms with van der Waals surface area (Å²) in [5, 5.41) is 9.49. The summed E-state index contributed by atoms with van der Waals surface area (Å²) in [5.41, 5.74) is 9.39. The molecule has 0 aliphatic rings. The Hall–Kier alpha value is -1.85. The maximum atomic E-state index is 9.49. The monoisotopic (exact) mass is 331 g/mol. The smallest absolute Gasteiger partial charge is 0.136 e. The molecular formula is C15H14BrN3O. The number of hydrogen-bond donors (Lipinski definition) is 2. The lowest BCUT2D eigenvalue weighted by Crippen LogP contribution is -2.05. The van der Waals surface area contributed by atoms with Crippen molar-refractivity contribution in [3.8, 4) is 0 Å². The maximum absolute atomic E-state index is 9.49. The minimum absolute atomic E-state index is 0.0922. The Morgan fingerprint density at radius 3 is 2.60 bits per heavy atom. The van der Waals surface area contributed by atoms with Crippen LogP contribution in [0.25, 0.3) is 11.0 Å². The first kappa shape index (κ1) is 13.1.